The van der Waals surface area contributed by atoms with E-state index in [2.05, 4.69) is 20.4 Å². The Labute approximate surface area is 229 Å². The van der Waals surface area contributed by atoms with E-state index in [4.69, 9.17) is 10.5 Å². The van der Waals surface area contributed by atoms with Crippen molar-refractivity contribution in [2.75, 3.05) is 18.5 Å². The molecule has 0 saturated carbocycles. The number of carbonyl (C=O) groups is 3. The van der Waals surface area contributed by atoms with E-state index in [1.54, 1.807) is 41.3 Å². The van der Waals surface area contributed by atoms with Crippen LogP contribution >= 0.6 is 0 Å². The van der Waals surface area contributed by atoms with Gasteiger partial charge in [-0.25, -0.2) is 9.78 Å². The lowest BCUT2D eigenvalue weighted by Gasteiger charge is -2.28. The zero-order chi connectivity index (χ0) is 28.4. The number of nitrogens with one attached hydrogen (secondary N) is 1. The van der Waals surface area contributed by atoms with Crippen molar-refractivity contribution < 1.29 is 24.2 Å². The number of hydrogen-bond acceptors (Lipinski definition) is 7. The fourth-order valence-corrected chi connectivity index (χ4v) is 4.97. The number of primary amides is 1. The van der Waals surface area contributed by atoms with E-state index in [1.807, 2.05) is 24.5 Å². The number of amides is 3. The Balaban J connectivity index is 1.42. The number of anilines is 1. The summed E-state index contributed by atoms with van der Waals surface area (Å²) < 4.78 is 9.51. The number of ether oxygens (including phenoxy) is 1. The highest BCUT2D eigenvalue weighted by atomic mass is 16.5. The molecule has 0 fully saturated rings. The second-order valence-corrected chi connectivity index (χ2v) is 9.63. The van der Waals surface area contributed by atoms with E-state index in [0.717, 1.165) is 11.3 Å². The molecule has 0 saturated heterocycles. The van der Waals surface area contributed by atoms with Gasteiger partial charge >= 0.3 is 6.09 Å². The topological polar surface area (TPSA) is 170 Å². The first-order valence-corrected chi connectivity index (χ1v) is 13.0. The van der Waals surface area contributed by atoms with Crippen LogP contribution in [0.15, 0.2) is 42.7 Å². The van der Waals surface area contributed by atoms with Crippen molar-refractivity contribution in [2.45, 2.75) is 45.8 Å². The van der Waals surface area contributed by atoms with Crippen LogP contribution < -0.4 is 15.8 Å². The van der Waals surface area contributed by atoms with E-state index in [0.29, 0.717) is 54.4 Å². The second kappa shape index (κ2) is 11.0. The van der Waals surface area contributed by atoms with Gasteiger partial charge < -0.3 is 25.0 Å². The lowest BCUT2D eigenvalue weighted by atomic mass is 10.1. The molecule has 0 radical (unpaired) electrons. The first-order chi connectivity index (χ1) is 19.2. The lowest BCUT2D eigenvalue weighted by molar-refractivity contribution is 0.0995. The minimum Gasteiger partial charge on any atom is -0.489 e. The van der Waals surface area contributed by atoms with Crippen molar-refractivity contribution in [1.29, 1.82) is 0 Å². The molecule has 13 heteroatoms. The van der Waals surface area contributed by atoms with Crippen LogP contribution in [-0.4, -0.2) is 65.4 Å². The van der Waals surface area contributed by atoms with Crippen LogP contribution in [0.4, 0.5) is 10.7 Å². The first kappa shape index (κ1) is 26.7. The normalized spacial score (nSPS) is 14.1. The molecule has 3 amide bonds. The van der Waals surface area contributed by atoms with Crippen LogP contribution in [0.2, 0.25) is 0 Å². The molecule has 40 heavy (non-hydrogen) atoms. The maximum Gasteiger partial charge on any atom is 0.407 e. The van der Waals surface area contributed by atoms with Gasteiger partial charge in [-0.15, -0.1) is 0 Å². The van der Waals surface area contributed by atoms with Crippen LogP contribution in [0.5, 0.6) is 5.75 Å². The maximum atomic E-state index is 13.3. The quantitative estimate of drug-likeness (QED) is 0.272. The molecule has 0 unspecified atom stereocenters. The largest absolute Gasteiger partial charge is 0.489 e. The van der Waals surface area contributed by atoms with Crippen molar-refractivity contribution >= 4 is 34.9 Å². The number of pyridine rings is 1. The number of benzene rings is 1. The molecule has 4 N–H and O–H groups in total. The van der Waals surface area contributed by atoms with E-state index >= 15 is 0 Å². The van der Waals surface area contributed by atoms with E-state index in [9.17, 15) is 19.5 Å². The number of nitrogens with zero attached hydrogens (tertiary/aromatic N) is 6. The van der Waals surface area contributed by atoms with Gasteiger partial charge in [0, 0.05) is 31.0 Å². The average Bonchev–Trinajstić information content (AvgIpc) is 3.50. The van der Waals surface area contributed by atoms with Gasteiger partial charge in [0.1, 0.15) is 23.6 Å². The summed E-state index contributed by atoms with van der Waals surface area (Å²) in [5, 5.41) is 17.0. The van der Waals surface area contributed by atoms with E-state index in [1.165, 1.54) is 4.90 Å². The fraction of sp³-hybridized carbons (Fsp3) is 0.333. The number of carboxylic acid groups (broad SMARTS) is 1. The highest BCUT2D eigenvalue weighted by molar-refractivity contribution is 6.04. The Bertz CT molecular complexity index is 1580. The molecule has 1 atom stereocenters. The van der Waals surface area contributed by atoms with Gasteiger partial charge in [0.2, 0.25) is 11.9 Å². The molecule has 208 valence electrons. The number of aromatic nitrogens is 5. The van der Waals surface area contributed by atoms with Crippen molar-refractivity contribution in [2.24, 2.45) is 5.73 Å². The van der Waals surface area contributed by atoms with Crippen molar-refractivity contribution in [3.05, 3.63) is 65.2 Å². The summed E-state index contributed by atoms with van der Waals surface area (Å²) in [5.74, 6) is -0.255. The van der Waals surface area contributed by atoms with Crippen LogP contribution in [0.1, 0.15) is 57.9 Å². The molecule has 3 aromatic heterocycles. The zero-order valence-corrected chi connectivity index (χ0v) is 22.2. The molecule has 4 heterocycles. The predicted octanol–water partition coefficient (Wildman–Crippen LogP) is 3.20. The number of nitrogens with two attached hydrogens (primary N) is 1. The number of aryl methyl sites for hydroxylation is 2. The lowest BCUT2D eigenvalue weighted by Crippen LogP contribution is -2.31. The van der Waals surface area contributed by atoms with Gasteiger partial charge in [0.15, 0.2) is 0 Å². The number of imidazole rings is 1. The smallest absolute Gasteiger partial charge is 0.407 e. The van der Waals surface area contributed by atoms with Crippen molar-refractivity contribution in [1.82, 2.24) is 29.2 Å². The zero-order valence-electron chi connectivity index (χ0n) is 22.2. The highest BCUT2D eigenvalue weighted by Crippen LogP contribution is 2.38. The summed E-state index contributed by atoms with van der Waals surface area (Å²) in [6.07, 6.45) is 3.35. The molecular weight excluding hydrogens is 516 g/mol. The third kappa shape index (κ3) is 5.30. The van der Waals surface area contributed by atoms with Crippen LogP contribution in [0.3, 0.4) is 0 Å². The van der Waals surface area contributed by atoms with Crippen molar-refractivity contribution in [3.8, 4) is 5.75 Å². The summed E-state index contributed by atoms with van der Waals surface area (Å²) >= 11 is 0. The van der Waals surface area contributed by atoms with Gasteiger partial charge in [0.05, 0.1) is 23.8 Å². The van der Waals surface area contributed by atoms with E-state index < -0.39 is 12.0 Å². The van der Waals surface area contributed by atoms with Crippen LogP contribution in [-0.2, 0) is 13.1 Å². The average molecular weight is 547 g/mol. The third-order valence-electron chi connectivity index (χ3n) is 6.82. The maximum absolute atomic E-state index is 13.3. The van der Waals surface area contributed by atoms with Gasteiger partial charge in [0.25, 0.3) is 5.91 Å². The molecule has 0 aliphatic carbocycles. The summed E-state index contributed by atoms with van der Waals surface area (Å²) in [5.41, 5.74) is 8.76. The Morgan fingerprint density at radius 3 is 2.80 bits per heavy atom. The van der Waals surface area contributed by atoms with Crippen molar-refractivity contribution in [3.63, 3.8) is 0 Å². The van der Waals surface area contributed by atoms with Gasteiger partial charge in [-0.1, -0.05) is 6.07 Å². The van der Waals surface area contributed by atoms with Gasteiger partial charge in [-0.2, -0.15) is 5.10 Å². The molecule has 1 aliphatic rings. The minimum absolute atomic E-state index is 0.226. The molecule has 1 aromatic carbocycles. The van der Waals surface area contributed by atoms with Crippen LogP contribution in [0, 0.1) is 6.92 Å². The molecule has 1 aliphatic heterocycles. The first-order valence-electron chi connectivity index (χ1n) is 13.0. The van der Waals surface area contributed by atoms with Gasteiger partial charge in [-0.05, 0) is 56.5 Å². The summed E-state index contributed by atoms with van der Waals surface area (Å²) in [6, 6.07) is 8.19. The summed E-state index contributed by atoms with van der Waals surface area (Å²) in [4.78, 5) is 47.1. The minimum atomic E-state index is -1.02. The predicted molar refractivity (Wildman–Crippen MR) is 145 cm³/mol. The Kier molecular flexibility index (Phi) is 7.36. The third-order valence-corrected chi connectivity index (χ3v) is 6.82. The summed E-state index contributed by atoms with van der Waals surface area (Å²) in [6.45, 7) is 5.00. The monoisotopic (exact) mass is 546 g/mol. The highest BCUT2D eigenvalue weighted by Gasteiger charge is 2.29. The number of carbonyl (C=O) groups excluding carboxylic acids is 2. The number of hydrogen-bond donors (Lipinski definition) is 3. The number of rotatable bonds is 10. The molecule has 0 spiro atoms. The Morgan fingerprint density at radius 2 is 2.10 bits per heavy atom. The summed E-state index contributed by atoms with van der Waals surface area (Å²) in [7, 11) is 0. The SMILES string of the molecule is CCn1nc(C)cc1C(=O)Nc1nc2cc(C(N)=O)cc3c2n1[C@@H](CCCN(Cc1cccnc1)C(=O)O)CO3. The molecule has 0 bridgehead atoms. The van der Waals surface area contributed by atoms with Crippen LogP contribution in [0.25, 0.3) is 11.0 Å². The Hall–Kier alpha value is -4.94. The Morgan fingerprint density at radius 1 is 1.27 bits per heavy atom. The molecule has 5 rings (SSSR count). The standard InChI is InChI=1S/C27H30N8O5/c1-3-34-21(10-16(2)32-34)25(37)31-26-30-20-11-18(24(28)36)12-22-23(20)35(26)19(15-40-22)7-5-9-33(27(38)39)14-17-6-4-8-29-13-17/h4,6,8,10-13,19H,3,5,7,9,14-15H2,1-2H3,(H2,28,36)(H,38,39)(H,30,31,37)/t19-/m0/s1. The second-order valence-electron chi connectivity index (χ2n) is 9.63. The molecule has 4 aromatic rings. The fourth-order valence-electron chi connectivity index (χ4n) is 4.97. The van der Waals surface area contributed by atoms with E-state index in [-0.39, 0.29) is 30.7 Å². The molecule has 13 nitrogen and oxygen atoms in total. The van der Waals surface area contributed by atoms with Gasteiger partial charge in [-0.3, -0.25) is 24.6 Å². The molecular formula is C27H30N8O5.